The van der Waals surface area contributed by atoms with Gasteiger partial charge in [0, 0.05) is 25.7 Å². The van der Waals surface area contributed by atoms with Crippen LogP contribution in [0.1, 0.15) is 18.1 Å². The van der Waals surface area contributed by atoms with Gasteiger partial charge in [-0.25, -0.2) is 13.1 Å². The van der Waals surface area contributed by atoms with E-state index in [1.165, 1.54) is 11.8 Å². The maximum absolute atomic E-state index is 12.6. The highest BCUT2D eigenvalue weighted by molar-refractivity contribution is 7.89. The lowest BCUT2D eigenvalue weighted by atomic mass is 10.1. The van der Waals surface area contributed by atoms with Gasteiger partial charge < -0.3 is 9.64 Å². The third-order valence-corrected chi connectivity index (χ3v) is 5.66. The molecule has 7 heteroatoms. The summed E-state index contributed by atoms with van der Waals surface area (Å²) in [6.45, 7) is 5.33. The lowest BCUT2D eigenvalue weighted by Gasteiger charge is -2.21. The normalized spacial score (nSPS) is 11.2. The SMILES string of the molecule is COc1cc(C)c(S(=O)(=O)NCCN(C(C)=O)c2ccccc2)cc1C. The van der Waals surface area contributed by atoms with E-state index in [2.05, 4.69) is 4.72 Å². The summed E-state index contributed by atoms with van der Waals surface area (Å²) in [4.78, 5) is 13.6. The highest BCUT2D eigenvalue weighted by Crippen LogP contribution is 2.25. The average molecular weight is 376 g/mol. The first-order valence-corrected chi connectivity index (χ1v) is 9.72. The van der Waals surface area contributed by atoms with Gasteiger partial charge in [0.1, 0.15) is 5.75 Å². The van der Waals surface area contributed by atoms with Gasteiger partial charge in [-0.05, 0) is 49.2 Å². The van der Waals surface area contributed by atoms with Crippen LogP contribution in [-0.2, 0) is 14.8 Å². The van der Waals surface area contributed by atoms with Crippen molar-refractivity contribution in [2.75, 3.05) is 25.1 Å². The van der Waals surface area contributed by atoms with E-state index in [0.29, 0.717) is 11.3 Å². The van der Waals surface area contributed by atoms with Crippen LogP contribution in [0.5, 0.6) is 5.75 Å². The Morgan fingerprint density at radius 1 is 1.12 bits per heavy atom. The molecule has 2 rings (SSSR count). The molecule has 0 atom stereocenters. The number of amides is 1. The van der Waals surface area contributed by atoms with Gasteiger partial charge in [-0.3, -0.25) is 4.79 Å². The van der Waals surface area contributed by atoms with Crippen molar-refractivity contribution in [3.05, 3.63) is 53.6 Å². The van der Waals surface area contributed by atoms with Gasteiger partial charge in [0.2, 0.25) is 15.9 Å². The number of carbonyl (C=O) groups is 1. The Bertz CT molecular complexity index is 880. The highest BCUT2D eigenvalue weighted by atomic mass is 32.2. The Morgan fingerprint density at radius 2 is 1.77 bits per heavy atom. The summed E-state index contributed by atoms with van der Waals surface area (Å²) in [5.41, 5.74) is 2.08. The van der Waals surface area contributed by atoms with Crippen LogP contribution in [0.15, 0.2) is 47.4 Å². The standard InChI is InChI=1S/C19H24N2O4S/c1-14-13-19(15(2)12-18(14)25-4)26(23,24)20-10-11-21(16(3)22)17-8-6-5-7-9-17/h5-9,12-13,20H,10-11H2,1-4H3. The molecule has 0 aliphatic rings. The van der Waals surface area contributed by atoms with Crippen LogP contribution in [0.3, 0.4) is 0 Å². The molecule has 0 heterocycles. The third-order valence-electron chi connectivity index (χ3n) is 4.06. The Labute approximate surface area is 154 Å². The molecule has 0 aliphatic heterocycles. The van der Waals surface area contributed by atoms with Crippen molar-refractivity contribution in [1.82, 2.24) is 4.72 Å². The smallest absolute Gasteiger partial charge is 0.240 e. The van der Waals surface area contributed by atoms with Crippen molar-refractivity contribution in [3.63, 3.8) is 0 Å². The van der Waals surface area contributed by atoms with Crippen LogP contribution >= 0.6 is 0 Å². The number of carbonyl (C=O) groups excluding carboxylic acids is 1. The minimum absolute atomic E-state index is 0.112. The van der Waals surface area contributed by atoms with E-state index < -0.39 is 10.0 Å². The fraction of sp³-hybridized carbons (Fsp3) is 0.316. The Kier molecular flexibility index (Phi) is 6.39. The van der Waals surface area contributed by atoms with Gasteiger partial charge in [0.15, 0.2) is 0 Å². The van der Waals surface area contributed by atoms with Crippen molar-refractivity contribution >= 4 is 21.6 Å². The number of nitrogens with one attached hydrogen (secondary N) is 1. The number of methoxy groups -OCH3 is 1. The molecule has 0 saturated carbocycles. The Balaban J connectivity index is 2.13. The van der Waals surface area contributed by atoms with E-state index in [1.807, 2.05) is 30.3 Å². The van der Waals surface area contributed by atoms with E-state index in [-0.39, 0.29) is 23.9 Å². The quantitative estimate of drug-likeness (QED) is 0.806. The maximum atomic E-state index is 12.6. The number of sulfonamides is 1. The molecule has 0 radical (unpaired) electrons. The molecule has 140 valence electrons. The molecule has 0 aliphatic carbocycles. The van der Waals surface area contributed by atoms with Crippen molar-refractivity contribution < 1.29 is 17.9 Å². The Hall–Kier alpha value is -2.38. The maximum Gasteiger partial charge on any atom is 0.240 e. The van der Waals surface area contributed by atoms with Crippen molar-refractivity contribution in [2.24, 2.45) is 0 Å². The first-order chi connectivity index (χ1) is 12.3. The molecule has 26 heavy (non-hydrogen) atoms. The van der Waals surface area contributed by atoms with Crippen LogP contribution in [0.2, 0.25) is 0 Å². The Morgan fingerprint density at radius 3 is 2.35 bits per heavy atom. The van der Waals surface area contributed by atoms with E-state index in [4.69, 9.17) is 4.74 Å². The zero-order chi connectivity index (χ0) is 19.3. The van der Waals surface area contributed by atoms with Gasteiger partial charge in [-0.1, -0.05) is 18.2 Å². The van der Waals surface area contributed by atoms with Crippen molar-refractivity contribution in [3.8, 4) is 5.75 Å². The topological polar surface area (TPSA) is 75.7 Å². The summed E-state index contributed by atoms with van der Waals surface area (Å²) in [6, 6.07) is 12.4. The van der Waals surface area contributed by atoms with Crippen LogP contribution in [-0.4, -0.2) is 34.5 Å². The van der Waals surface area contributed by atoms with Gasteiger partial charge in [0.25, 0.3) is 0 Å². The van der Waals surface area contributed by atoms with Crippen LogP contribution in [0, 0.1) is 13.8 Å². The number of benzene rings is 2. The molecule has 0 fully saturated rings. The minimum atomic E-state index is -3.69. The summed E-state index contributed by atoms with van der Waals surface area (Å²) < 4.78 is 33.1. The highest BCUT2D eigenvalue weighted by Gasteiger charge is 2.19. The van der Waals surface area contributed by atoms with Crippen LogP contribution < -0.4 is 14.4 Å². The number of rotatable bonds is 7. The number of hydrogen-bond acceptors (Lipinski definition) is 4. The molecule has 0 bridgehead atoms. The molecule has 0 unspecified atom stereocenters. The zero-order valence-electron chi connectivity index (χ0n) is 15.4. The molecule has 0 aromatic heterocycles. The van der Waals surface area contributed by atoms with Crippen molar-refractivity contribution in [1.29, 1.82) is 0 Å². The molecule has 0 saturated heterocycles. The largest absolute Gasteiger partial charge is 0.496 e. The summed E-state index contributed by atoms with van der Waals surface area (Å²) in [5.74, 6) is 0.500. The lowest BCUT2D eigenvalue weighted by Crippen LogP contribution is -2.37. The number of ether oxygens (including phenoxy) is 1. The van der Waals surface area contributed by atoms with E-state index in [1.54, 1.807) is 33.1 Å². The van der Waals surface area contributed by atoms with E-state index >= 15 is 0 Å². The van der Waals surface area contributed by atoms with Gasteiger partial charge in [-0.15, -0.1) is 0 Å². The van der Waals surface area contributed by atoms with Crippen LogP contribution in [0.25, 0.3) is 0 Å². The molecule has 0 spiro atoms. The minimum Gasteiger partial charge on any atom is -0.496 e. The van der Waals surface area contributed by atoms with Gasteiger partial charge in [0.05, 0.1) is 12.0 Å². The van der Waals surface area contributed by atoms with E-state index in [9.17, 15) is 13.2 Å². The predicted molar refractivity (Wildman–Crippen MR) is 102 cm³/mol. The van der Waals surface area contributed by atoms with Crippen molar-refractivity contribution in [2.45, 2.75) is 25.7 Å². The summed E-state index contributed by atoms with van der Waals surface area (Å²) in [6.07, 6.45) is 0. The second kappa shape index (κ2) is 8.33. The number of aryl methyl sites for hydroxylation is 2. The fourth-order valence-corrected chi connectivity index (χ4v) is 4.05. The molecule has 2 aromatic rings. The fourth-order valence-electron chi connectivity index (χ4n) is 2.72. The zero-order valence-corrected chi connectivity index (χ0v) is 16.3. The third kappa shape index (κ3) is 4.62. The number of para-hydroxylation sites is 1. The summed E-state index contributed by atoms with van der Waals surface area (Å²) >= 11 is 0. The molecule has 6 nitrogen and oxygen atoms in total. The number of nitrogens with zero attached hydrogens (tertiary/aromatic N) is 1. The summed E-state index contributed by atoms with van der Waals surface area (Å²) in [7, 11) is -2.14. The number of anilines is 1. The first kappa shape index (κ1) is 19.9. The molecular weight excluding hydrogens is 352 g/mol. The monoisotopic (exact) mass is 376 g/mol. The van der Waals surface area contributed by atoms with Crippen LogP contribution in [0.4, 0.5) is 5.69 Å². The second-order valence-electron chi connectivity index (χ2n) is 5.99. The molecule has 1 amide bonds. The van der Waals surface area contributed by atoms with Gasteiger partial charge >= 0.3 is 0 Å². The lowest BCUT2D eigenvalue weighted by molar-refractivity contribution is -0.116. The molecular formula is C19H24N2O4S. The second-order valence-corrected chi connectivity index (χ2v) is 7.73. The van der Waals surface area contributed by atoms with Gasteiger partial charge in [-0.2, -0.15) is 0 Å². The summed E-state index contributed by atoms with van der Waals surface area (Å²) in [5, 5.41) is 0. The molecule has 2 aromatic carbocycles. The first-order valence-electron chi connectivity index (χ1n) is 8.24. The van der Waals surface area contributed by atoms with E-state index in [0.717, 1.165) is 11.3 Å². The number of hydrogen-bond donors (Lipinski definition) is 1. The predicted octanol–water partition coefficient (Wildman–Crippen LogP) is 2.64. The average Bonchev–Trinajstić information content (AvgIpc) is 2.60. The molecule has 1 N–H and O–H groups in total.